The maximum Gasteiger partial charge on any atom is 0.133 e. The molecule has 0 amide bonds. The lowest BCUT2D eigenvalue weighted by molar-refractivity contribution is -0.173. The molecule has 134 valence electrons. The second kappa shape index (κ2) is 5.40. The van der Waals surface area contributed by atoms with E-state index in [4.69, 9.17) is 0 Å². The van der Waals surface area contributed by atoms with E-state index in [1.165, 1.54) is 0 Å². The van der Waals surface area contributed by atoms with Crippen molar-refractivity contribution in [2.24, 2.45) is 40.4 Å². The molecule has 0 heterocycles. The van der Waals surface area contributed by atoms with E-state index in [0.717, 1.165) is 44.9 Å². The Morgan fingerprint density at radius 2 is 1.88 bits per heavy atom. The smallest absolute Gasteiger partial charge is 0.133 e. The van der Waals surface area contributed by atoms with Crippen LogP contribution >= 0.6 is 0 Å². The number of ketones is 2. The minimum Gasteiger partial charge on any atom is -0.393 e. The van der Waals surface area contributed by atoms with Crippen molar-refractivity contribution in [1.29, 1.82) is 0 Å². The van der Waals surface area contributed by atoms with Gasteiger partial charge in [-0.05, 0) is 80.0 Å². The maximum atomic E-state index is 12.2. The largest absolute Gasteiger partial charge is 0.393 e. The van der Waals surface area contributed by atoms with Crippen molar-refractivity contribution < 1.29 is 14.7 Å². The third-order valence-electron chi connectivity index (χ3n) is 8.90. The van der Waals surface area contributed by atoms with E-state index >= 15 is 0 Å². The van der Waals surface area contributed by atoms with E-state index in [1.807, 2.05) is 0 Å². The van der Waals surface area contributed by atoms with Crippen LogP contribution in [0.25, 0.3) is 0 Å². The molecule has 24 heavy (non-hydrogen) atoms. The van der Waals surface area contributed by atoms with Crippen LogP contribution in [-0.4, -0.2) is 22.8 Å². The molecule has 3 nitrogen and oxygen atoms in total. The number of carbonyl (C=O) groups excluding carboxylic acids is 2. The van der Waals surface area contributed by atoms with Gasteiger partial charge in [-0.2, -0.15) is 0 Å². The van der Waals surface area contributed by atoms with Crippen molar-refractivity contribution in [3.05, 3.63) is 0 Å². The van der Waals surface area contributed by atoms with Gasteiger partial charge >= 0.3 is 0 Å². The van der Waals surface area contributed by atoms with E-state index in [0.29, 0.717) is 41.7 Å². The molecule has 0 aliphatic heterocycles. The Bertz CT molecular complexity index is 569. The first-order valence-electron chi connectivity index (χ1n) is 9.97. The van der Waals surface area contributed by atoms with Crippen LogP contribution in [0.3, 0.4) is 0 Å². The van der Waals surface area contributed by atoms with Gasteiger partial charge in [-0.25, -0.2) is 0 Å². The van der Waals surface area contributed by atoms with E-state index < -0.39 is 0 Å². The molecule has 0 bridgehead atoms. The first-order chi connectivity index (χ1) is 11.3. The quantitative estimate of drug-likeness (QED) is 0.795. The standard InChI is InChI=1S/C21H32O3/c1-12(22)16-6-7-17-15-5-4-13-10-14(23)8-9-20(13,2)19(15)18(24)11-21(16,17)3/h13,15-19,24H,4-11H2,1-3H3/t13-,15-,16+,17-,18+,19+,20-,21+/m0/s1. The molecule has 0 unspecified atom stereocenters. The van der Waals surface area contributed by atoms with Crippen molar-refractivity contribution in [1.82, 2.24) is 0 Å². The number of carbonyl (C=O) groups is 2. The number of hydrogen-bond donors (Lipinski definition) is 1. The van der Waals surface area contributed by atoms with Gasteiger partial charge in [-0.15, -0.1) is 0 Å². The van der Waals surface area contributed by atoms with Crippen molar-refractivity contribution in [2.75, 3.05) is 0 Å². The molecule has 3 heteroatoms. The lowest BCUT2D eigenvalue weighted by Gasteiger charge is -2.61. The summed E-state index contributed by atoms with van der Waals surface area (Å²) in [6.07, 6.45) is 7.27. The highest BCUT2D eigenvalue weighted by molar-refractivity contribution is 5.80. The summed E-state index contributed by atoms with van der Waals surface area (Å²) >= 11 is 0. The van der Waals surface area contributed by atoms with Crippen molar-refractivity contribution in [2.45, 2.75) is 78.2 Å². The first kappa shape index (κ1) is 16.8. The Balaban J connectivity index is 1.68. The Hall–Kier alpha value is -0.700. The zero-order chi connectivity index (χ0) is 17.3. The Kier molecular flexibility index (Phi) is 3.77. The van der Waals surface area contributed by atoms with Gasteiger partial charge in [0.05, 0.1) is 6.10 Å². The Morgan fingerprint density at radius 3 is 2.58 bits per heavy atom. The number of aliphatic hydroxyl groups is 1. The van der Waals surface area contributed by atoms with Crippen LogP contribution < -0.4 is 0 Å². The van der Waals surface area contributed by atoms with Crippen molar-refractivity contribution in [3.63, 3.8) is 0 Å². The zero-order valence-electron chi connectivity index (χ0n) is 15.4. The van der Waals surface area contributed by atoms with Gasteiger partial charge in [0.1, 0.15) is 11.6 Å². The van der Waals surface area contributed by atoms with Crippen LogP contribution in [0.15, 0.2) is 0 Å². The summed E-state index contributed by atoms with van der Waals surface area (Å²) in [6.45, 7) is 6.36. The fourth-order valence-electron chi connectivity index (χ4n) is 7.84. The summed E-state index contributed by atoms with van der Waals surface area (Å²) in [5, 5.41) is 11.2. The zero-order valence-corrected chi connectivity index (χ0v) is 15.4. The molecule has 0 aromatic carbocycles. The molecule has 4 aliphatic rings. The summed E-state index contributed by atoms with van der Waals surface area (Å²) in [5.74, 6) is 2.78. The predicted molar refractivity (Wildman–Crippen MR) is 92.3 cm³/mol. The van der Waals surface area contributed by atoms with Crippen LogP contribution in [0.2, 0.25) is 0 Å². The summed E-state index contributed by atoms with van der Waals surface area (Å²) in [6, 6.07) is 0. The van der Waals surface area contributed by atoms with Crippen molar-refractivity contribution in [3.8, 4) is 0 Å². The molecule has 0 radical (unpaired) electrons. The van der Waals surface area contributed by atoms with Crippen LogP contribution in [0, 0.1) is 40.4 Å². The maximum absolute atomic E-state index is 12.2. The SMILES string of the molecule is CC(=O)[C@H]1CC[C@H]2[C@@H]3CC[C@H]4CC(=O)CC[C@]4(C)[C@H]3[C@H](O)C[C@]12C. The summed E-state index contributed by atoms with van der Waals surface area (Å²) in [4.78, 5) is 24.1. The summed E-state index contributed by atoms with van der Waals surface area (Å²) in [5.41, 5.74) is 0.103. The molecule has 0 saturated heterocycles. The minimum atomic E-state index is -0.308. The average molecular weight is 332 g/mol. The highest BCUT2D eigenvalue weighted by atomic mass is 16.3. The molecule has 1 N–H and O–H groups in total. The van der Waals surface area contributed by atoms with Gasteiger partial charge in [0.25, 0.3) is 0 Å². The van der Waals surface area contributed by atoms with Gasteiger partial charge in [-0.1, -0.05) is 13.8 Å². The van der Waals surface area contributed by atoms with Crippen molar-refractivity contribution >= 4 is 11.6 Å². The van der Waals surface area contributed by atoms with Gasteiger partial charge in [0.15, 0.2) is 0 Å². The van der Waals surface area contributed by atoms with E-state index in [-0.39, 0.29) is 22.9 Å². The first-order valence-corrected chi connectivity index (χ1v) is 9.97. The van der Waals surface area contributed by atoms with Crippen LogP contribution in [0.1, 0.15) is 72.1 Å². The highest BCUT2D eigenvalue weighted by Gasteiger charge is 2.63. The topological polar surface area (TPSA) is 54.4 Å². The van der Waals surface area contributed by atoms with E-state index in [1.54, 1.807) is 6.92 Å². The fourth-order valence-corrected chi connectivity index (χ4v) is 7.84. The normalized spacial score (nSPS) is 53.9. The second-order valence-electron chi connectivity index (χ2n) is 9.84. The lowest BCUT2D eigenvalue weighted by atomic mass is 9.44. The third kappa shape index (κ3) is 2.12. The molecular weight excluding hydrogens is 300 g/mol. The number of rotatable bonds is 1. The third-order valence-corrected chi connectivity index (χ3v) is 8.90. The second-order valence-corrected chi connectivity index (χ2v) is 9.84. The highest BCUT2D eigenvalue weighted by Crippen LogP contribution is 2.67. The molecule has 4 aliphatic carbocycles. The monoisotopic (exact) mass is 332 g/mol. The molecule has 4 rings (SSSR count). The molecule has 4 fully saturated rings. The number of aliphatic hydroxyl groups excluding tert-OH is 1. The van der Waals surface area contributed by atoms with Crippen LogP contribution in [0.5, 0.6) is 0 Å². The van der Waals surface area contributed by atoms with E-state index in [2.05, 4.69) is 13.8 Å². The molecule has 0 aromatic heterocycles. The Morgan fingerprint density at radius 1 is 1.12 bits per heavy atom. The Labute approximate surface area is 145 Å². The van der Waals surface area contributed by atoms with Gasteiger partial charge in [-0.3, -0.25) is 9.59 Å². The minimum absolute atomic E-state index is 0.0138. The van der Waals surface area contributed by atoms with Gasteiger partial charge in [0.2, 0.25) is 0 Å². The predicted octanol–water partition coefficient (Wildman–Crippen LogP) is 3.77. The van der Waals surface area contributed by atoms with E-state index in [9.17, 15) is 14.7 Å². The van der Waals surface area contributed by atoms with Gasteiger partial charge < -0.3 is 5.11 Å². The fraction of sp³-hybridized carbons (Fsp3) is 0.905. The molecule has 8 atom stereocenters. The number of Topliss-reactive ketones (excluding diaryl/α,β-unsaturated/α-hetero) is 2. The van der Waals surface area contributed by atoms with Crippen LogP contribution in [0.4, 0.5) is 0 Å². The lowest BCUT2D eigenvalue weighted by Crippen LogP contribution is -2.59. The summed E-state index contributed by atoms with van der Waals surface area (Å²) < 4.78 is 0. The molecule has 0 aromatic rings. The number of hydrogen-bond acceptors (Lipinski definition) is 3. The summed E-state index contributed by atoms with van der Waals surface area (Å²) in [7, 11) is 0. The number of fused-ring (bicyclic) bond motifs is 5. The molecular formula is C21H32O3. The molecule has 0 spiro atoms. The molecule has 4 saturated carbocycles. The average Bonchev–Trinajstić information content (AvgIpc) is 2.84. The van der Waals surface area contributed by atoms with Crippen LogP contribution in [-0.2, 0) is 9.59 Å². The van der Waals surface area contributed by atoms with Gasteiger partial charge in [0, 0.05) is 18.8 Å².